The number of pyridine rings is 1. The van der Waals surface area contributed by atoms with Crippen LogP contribution in [0, 0.1) is 5.92 Å². The first-order chi connectivity index (χ1) is 11.7. The minimum Gasteiger partial charge on any atom is -0.480 e. The van der Waals surface area contributed by atoms with Gasteiger partial charge in [0.2, 0.25) is 10.0 Å². The summed E-state index contributed by atoms with van der Waals surface area (Å²) in [5.74, 6) is -2.41. The molecule has 9 heteroatoms. The van der Waals surface area contributed by atoms with Gasteiger partial charge in [-0.2, -0.15) is 4.72 Å². The normalized spacial score (nSPS) is 13.0. The Balaban J connectivity index is 2.61. The number of aromatic nitrogens is 1. The topological polar surface area (TPSA) is 123 Å². The van der Waals surface area contributed by atoms with Crippen molar-refractivity contribution in [2.24, 2.45) is 5.92 Å². The Morgan fingerprint density at radius 3 is 2.44 bits per heavy atom. The number of aliphatic carboxylic acids is 1. The smallest absolute Gasteiger partial charge is 0.357 e. The Kier molecular flexibility index (Phi) is 5.39. The first-order valence-corrected chi connectivity index (χ1v) is 8.88. The monoisotopic (exact) mass is 366 g/mol. The van der Waals surface area contributed by atoms with Crippen molar-refractivity contribution in [2.75, 3.05) is 7.11 Å². The zero-order valence-electron chi connectivity index (χ0n) is 13.9. The van der Waals surface area contributed by atoms with E-state index in [4.69, 9.17) is 0 Å². The number of carbonyl (C=O) groups excluding carboxylic acids is 1. The first kappa shape index (κ1) is 18.8. The van der Waals surface area contributed by atoms with Gasteiger partial charge in [0.05, 0.1) is 12.0 Å². The molecule has 0 aliphatic carbocycles. The SMILES string of the molecule is COC(=O)c1nccc2c(S(=O)(=O)N[C@H](C(=O)O)C(C)C)cccc12. The number of nitrogens with one attached hydrogen (secondary N) is 1. The molecule has 2 aromatic rings. The second kappa shape index (κ2) is 7.16. The van der Waals surface area contributed by atoms with Gasteiger partial charge >= 0.3 is 11.9 Å². The predicted molar refractivity (Wildman–Crippen MR) is 89.7 cm³/mol. The third kappa shape index (κ3) is 3.77. The standard InChI is InChI=1S/C16H18N2O6S/c1-9(2)13(15(19)20)18-25(22,23)12-6-4-5-11-10(12)7-8-17-14(11)16(21)24-3/h4-9,13,18H,1-3H3,(H,19,20)/t13-/m0/s1. The molecule has 0 unspecified atom stereocenters. The molecule has 1 aromatic heterocycles. The third-order valence-corrected chi connectivity index (χ3v) is 5.15. The summed E-state index contributed by atoms with van der Waals surface area (Å²) in [5, 5.41) is 9.77. The summed E-state index contributed by atoms with van der Waals surface area (Å²) < 4.78 is 32.3. The van der Waals surface area contributed by atoms with Crippen molar-refractivity contribution in [3.8, 4) is 0 Å². The van der Waals surface area contributed by atoms with Gasteiger partial charge in [-0.1, -0.05) is 26.0 Å². The van der Waals surface area contributed by atoms with Crippen molar-refractivity contribution in [3.05, 3.63) is 36.2 Å². The Morgan fingerprint density at radius 2 is 1.88 bits per heavy atom. The minimum atomic E-state index is -4.14. The lowest BCUT2D eigenvalue weighted by atomic mass is 10.1. The molecule has 0 aliphatic rings. The van der Waals surface area contributed by atoms with Gasteiger partial charge in [0.15, 0.2) is 5.69 Å². The van der Waals surface area contributed by atoms with E-state index in [-0.39, 0.29) is 16.0 Å². The number of ether oxygens (including phenoxy) is 1. The lowest BCUT2D eigenvalue weighted by Gasteiger charge is -2.18. The van der Waals surface area contributed by atoms with Gasteiger partial charge in [0, 0.05) is 17.0 Å². The zero-order chi connectivity index (χ0) is 18.8. The van der Waals surface area contributed by atoms with Crippen LogP contribution < -0.4 is 4.72 Å². The molecule has 0 bridgehead atoms. The number of carbonyl (C=O) groups is 2. The third-order valence-electron chi connectivity index (χ3n) is 3.65. The number of sulfonamides is 1. The molecule has 2 rings (SSSR count). The van der Waals surface area contributed by atoms with Gasteiger partial charge in [-0.25, -0.2) is 18.2 Å². The quantitative estimate of drug-likeness (QED) is 0.741. The maximum atomic E-state index is 12.7. The van der Waals surface area contributed by atoms with Gasteiger partial charge in [0.25, 0.3) is 0 Å². The van der Waals surface area contributed by atoms with Crippen molar-refractivity contribution in [1.82, 2.24) is 9.71 Å². The average molecular weight is 366 g/mol. The number of fused-ring (bicyclic) bond motifs is 1. The summed E-state index contributed by atoms with van der Waals surface area (Å²) in [6.45, 7) is 3.20. The zero-order valence-corrected chi connectivity index (χ0v) is 14.7. The molecule has 0 aliphatic heterocycles. The number of carboxylic acid groups (broad SMARTS) is 1. The number of benzene rings is 1. The van der Waals surface area contributed by atoms with Crippen LogP contribution in [0.25, 0.3) is 10.8 Å². The van der Waals surface area contributed by atoms with Gasteiger partial charge in [0.1, 0.15) is 6.04 Å². The highest BCUT2D eigenvalue weighted by Crippen LogP contribution is 2.25. The molecule has 8 nitrogen and oxygen atoms in total. The predicted octanol–water partition coefficient (Wildman–Crippen LogP) is 1.41. The van der Waals surface area contributed by atoms with Gasteiger partial charge in [-0.05, 0) is 18.1 Å². The van der Waals surface area contributed by atoms with Crippen LogP contribution in [-0.2, 0) is 19.6 Å². The second-order valence-electron chi connectivity index (χ2n) is 5.68. The molecule has 0 saturated heterocycles. The summed E-state index contributed by atoms with van der Waals surface area (Å²) in [4.78, 5) is 26.9. The molecule has 25 heavy (non-hydrogen) atoms. The number of rotatable bonds is 6. The number of esters is 1. The summed E-state index contributed by atoms with van der Waals surface area (Å²) in [5.41, 5.74) is -0.0179. The van der Waals surface area contributed by atoms with Gasteiger partial charge in [-0.3, -0.25) is 4.79 Å². The van der Waals surface area contributed by atoms with E-state index in [2.05, 4.69) is 14.4 Å². The molecule has 0 radical (unpaired) electrons. The molecule has 1 aromatic carbocycles. The van der Waals surface area contributed by atoms with E-state index >= 15 is 0 Å². The molecule has 1 heterocycles. The Bertz CT molecular complexity index is 923. The minimum absolute atomic E-state index is 0.0179. The van der Waals surface area contributed by atoms with Crippen molar-refractivity contribution in [2.45, 2.75) is 24.8 Å². The molecule has 0 amide bonds. The van der Waals surface area contributed by atoms with Crippen LogP contribution in [0.15, 0.2) is 35.4 Å². The fourth-order valence-electron chi connectivity index (χ4n) is 2.37. The van der Waals surface area contributed by atoms with E-state index in [0.717, 1.165) is 0 Å². The maximum Gasteiger partial charge on any atom is 0.357 e. The van der Waals surface area contributed by atoms with Crippen LogP contribution in [0.5, 0.6) is 0 Å². The average Bonchev–Trinajstić information content (AvgIpc) is 2.57. The Hall–Kier alpha value is -2.52. The molecular formula is C16H18N2O6S. The lowest BCUT2D eigenvalue weighted by molar-refractivity contribution is -0.140. The van der Waals surface area contributed by atoms with Crippen molar-refractivity contribution in [1.29, 1.82) is 0 Å². The van der Waals surface area contributed by atoms with E-state index in [9.17, 15) is 23.1 Å². The summed E-state index contributed by atoms with van der Waals surface area (Å²) in [7, 11) is -2.94. The van der Waals surface area contributed by atoms with E-state index in [0.29, 0.717) is 5.39 Å². The Labute approximate surface area is 144 Å². The lowest BCUT2D eigenvalue weighted by Crippen LogP contribution is -2.44. The van der Waals surface area contributed by atoms with Gasteiger partial charge < -0.3 is 9.84 Å². The first-order valence-electron chi connectivity index (χ1n) is 7.40. The van der Waals surface area contributed by atoms with Crippen LogP contribution in [0.1, 0.15) is 24.3 Å². The number of hydrogen-bond acceptors (Lipinski definition) is 6. The molecule has 0 fully saturated rings. The molecule has 1 atom stereocenters. The number of hydrogen-bond donors (Lipinski definition) is 2. The van der Waals surface area contributed by atoms with Crippen molar-refractivity contribution in [3.63, 3.8) is 0 Å². The molecule has 2 N–H and O–H groups in total. The highest BCUT2D eigenvalue weighted by atomic mass is 32.2. The summed E-state index contributed by atoms with van der Waals surface area (Å²) >= 11 is 0. The number of carboxylic acids is 1. The summed E-state index contributed by atoms with van der Waals surface area (Å²) in [6, 6.07) is 4.51. The number of methoxy groups -OCH3 is 1. The van der Waals surface area contributed by atoms with Crippen LogP contribution in [0.3, 0.4) is 0 Å². The highest BCUT2D eigenvalue weighted by Gasteiger charge is 2.29. The van der Waals surface area contributed by atoms with E-state index in [1.54, 1.807) is 19.9 Å². The Morgan fingerprint density at radius 1 is 1.20 bits per heavy atom. The van der Waals surface area contributed by atoms with E-state index in [1.807, 2.05) is 0 Å². The van der Waals surface area contributed by atoms with Crippen molar-refractivity contribution >= 4 is 32.7 Å². The van der Waals surface area contributed by atoms with E-state index < -0.39 is 33.9 Å². The fraction of sp³-hybridized carbons (Fsp3) is 0.312. The maximum absolute atomic E-state index is 12.7. The van der Waals surface area contributed by atoms with Crippen molar-refractivity contribution < 1.29 is 27.9 Å². The van der Waals surface area contributed by atoms with Gasteiger partial charge in [-0.15, -0.1) is 0 Å². The van der Waals surface area contributed by atoms with Crippen LogP contribution >= 0.6 is 0 Å². The molecule has 0 saturated carbocycles. The molecule has 134 valence electrons. The summed E-state index contributed by atoms with van der Waals surface area (Å²) in [6.07, 6.45) is 1.30. The van der Waals surface area contributed by atoms with E-state index in [1.165, 1.54) is 31.5 Å². The molecule has 0 spiro atoms. The number of nitrogens with zero attached hydrogens (tertiary/aromatic N) is 1. The molecular weight excluding hydrogens is 348 g/mol. The highest BCUT2D eigenvalue weighted by molar-refractivity contribution is 7.89. The van der Waals surface area contributed by atoms with Crippen LogP contribution in [0.4, 0.5) is 0 Å². The second-order valence-corrected chi connectivity index (χ2v) is 7.37. The largest absolute Gasteiger partial charge is 0.480 e. The van der Waals surface area contributed by atoms with Crippen LogP contribution in [0.2, 0.25) is 0 Å². The fourth-order valence-corrected chi connectivity index (χ4v) is 3.93. The van der Waals surface area contributed by atoms with Crippen LogP contribution in [-0.4, -0.2) is 43.6 Å².